The van der Waals surface area contributed by atoms with Gasteiger partial charge in [-0.1, -0.05) is 36.4 Å². The Morgan fingerprint density at radius 3 is 2.48 bits per heavy atom. The second-order valence-electron chi connectivity index (χ2n) is 6.98. The van der Waals surface area contributed by atoms with Crippen molar-refractivity contribution in [1.29, 1.82) is 0 Å². The molecular formula is C22H25F3N6. The monoisotopic (exact) mass is 430 g/mol. The maximum atomic E-state index is 12.7. The minimum atomic E-state index is -4.31. The van der Waals surface area contributed by atoms with Gasteiger partial charge in [0.05, 0.1) is 18.7 Å². The summed E-state index contributed by atoms with van der Waals surface area (Å²) in [6.07, 6.45) is -0.536. The summed E-state index contributed by atoms with van der Waals surface area (Å²) in [5, 5.41) is 10.5. The minimum Gasteiger partial charge on any atom is -0.357 e. The molecule has 0 radical (unpaired) electrons. The Labute approximate surface area is 179 Å². The number of benzene rings is 2. The number of rotatable bonds is 8. The summed E-state index contributed by atoms with van der Waals surface area (Å²) in [5.74, 6) is 0.663. The van der Waals surface area contributed by atoms with Gasteiger partial charge in [0.15, 0.2) is 5.96 Å². The molecule has 0 amide bonds. The number of nitrogens with zero attached hydrogens (tertiary/aromatic N) is 4. The summed E-state index contributed by atoms with van der Waals surface area (Å²) in [7, 11) is 0. The van der Waals surface area contributed by atoms with Gasteiger partial charge in [-0.2, -0.15) is 18.3 Å². The lowest BCUT2D eigenvalue weighted by molar-refractivity contribution is -0.137. The van der Waals surface area contributed by atoms with Gasteiger partial charge in [-0.05, 0) is 42.2 Å². The van der Waals surface area contributed by atoms with Crippen LogP contribution in [0.15, 0.2) is 66.2 Å². The normalized spacial score (nSPS) is 12.1. The Hall–Kier alpha value is -3.36. The van der Waals surface area contributed by atoms with Gasteiger partial charge in [0.2, 0.25) is 0 Å². The summed E-state index contributed by atoms with van der Waals surface area (Å²) in [4.78, 5) is 8.56. The number of aliphatic imine (C=N–C) groups is 1. The number of guanidine groups is 1. The van der Waals surface area contributed by atoms with Crippen molar-refractivity contribution in [1.82, 2.24) is 25.4 Å². The standard InChI is InChI=1S/C22H25F3N6/c1-2-27-21(28-11-10-17-6-8-20(9-7-17)22(23,24)25)29-13-18-4-3-5-19(12-18)14-31-16-26-15-30-31/h3-9,12,15-16H,2,10-11,13-14H2,1H3,(H2,27,28,29). The Balaban J connectivity index is 1.54. The Morgan fingerprint density at radius 2 is 1.81 bits per heavy atom. The zero-order valence-electron chi connectivity index (χ0n) is 17.2. The van der Waals surface area contributed by atoms with Crippen LogP contribution in [0.2, 0.25) is 0 Å². The van der Waals surface area contributed by atoms with E-state index in [9.17, 15) is 13.2 Å². The molecule has 0 bridgehead atoms. The molecule has 164 valence electrons. The minimum absolute atomic E-state index is 0.501. The maximum Gasteiger partial charge on any atom is 0.416 e. The SMILES string of the molecule is CCNC(=NCc1cccc(Cn2cncn2)c1)NCCc1ccc(C(F)(F)F)cc1. The molecule has 0 unspecified atom stereocenters. The van der Waals surface area contributed by atoms with Crippen LogP contribution in [0.4, 0.5) is 13.2 Å². The van der Waals surface area contributed by atoms with Gasteiger partial charge in [-0.25, -0.2) is 14.7 Å². The fraction of sp³-hybridized carbons (Fsp3) is 0.318. The van der Waals surface area contributed by atoms with E-state index in [1.54, 1.807) is 11.0 Å². The van der Waals surface area contributed by atoms with E-state index in [4.69, 9.17) is 0 Å². The van der Waals surface area contributed by atoms with Crippen molar-refractivity contribution in [3.8, 4) is 0 Å². The van der Waals surface area contributed by atoms with Crippen molar-refractivity contribution in [2.45, 2.75) is 32.6 Å². The second-order valence-corrected chi connectivity index (χ2v) is 6.98. The maximum absolute atomic E-state index is 12.7. The summed E-state index contributed by atoms with van der Waals surface area (Å²) < 4.78 is 39.7. The molecule has 2 N–H and O–H groups in total. The zero-order valence-corrected chi connectivity index (χ0v) is 17.2. The molecule has 9 heteroatoms. The molecule has 0 aliphatic rings. The molecule has 0 saturated heterocycles. The van der Waals surface area contributed by atoms with Gasteiger partial charge < -0.3 is 10.6 Å². The molecule has 1 aromatic heterocycles. The molecule has 3 rings (SSSR count). The van der Waals surface area contributed by atoms with Crippen molar-refractivity contribution < 1.29 is 13.2 Å². The molecule has 0 spiro atoms. The highest BCUT2D eigenvalue weighted by molar-refractivity contribution is 5.79. The van der Waals surface area contributed by atoms with Crippen LogP contribution in [0.3, 0.4) is 0 Å². The van der Waals surface area contributed by atoms with Crippen molar-refractivity contribution in [3.63, 3.8) is 0 Å². The predicted molar refractivity (Wildman–Crippen MR) is 114 cm³/mol. The van der Waals surface area contributed by atoms with Gasteiger partial charge in [0.25, 0.3) is 0 Å². The lowest BCUT2D eigenvalue weighted by Crippen LogP contribution is -2.38. The van der Waals surface area contributed by atoms with Crippen molar-refractivity contribution >= 4 is 5.96 Å². The van der Waals surface area contributed by atoms with Crippen molar-refractivity contribution in [2.24, 2.45) is 4.99 Å². The fourth-order valence-corrected chi connectivity index (χ4v) is 3.03. The lowest BCUT2D eigenvalue weighted by Gasteiger charge is -2.12. The molecule has 0 aliphatic heterocycles. The van der Waals surface area contributed by atoms with E-state index in [1.165, 1.54) is 18.5 Å². The van der Waals surface area contributed by atoms with E-state index >= 15 is 0 Å². The van der Waals surface area contributed by atoms with Crippen LogP contribution in [-0.4, -0.2) is 33.8 Å². The van der Waals surface area contributed by atoms with Crippen LogP contribution in [0.1, 0.15) is 29.2 Å². The van der Waals surface area contributed by atoms with E-state index in [1.807, 2.05) is 25.1 Å². The first-order valence-corrected chi connectivity index (χ1v) is 10.0. The van der Waals surface area contributed by atoms with E-state index in [0.29, 0.717) is 38.6 Å². The quantitative estimate of drug-likeness (QED) is 0.423. The smallest absolute Gasteiger partial charge is 0.357 e. The first-order chi connectivity index (χ1) is 14.9. The number of hydrogen-bond donors (Lipinski definition) is 2. The lowest BCUT2D eigenvalue weighted by atomic mass is 10.1. The molecule has 0 fully saturated rings. The molecule has 6 nitrogen and oxygen atoms in total. The summed E-state index contributed by atoms with van der Waals surface area (Å²) >= 11 is 0. The third-order valence-corrected chi connectivity index (χ3v) is 4.55. The Morgan fingerprint density at radius 1 is 1.03 bits per heavy atom. The number of halogens is 3. The molecular weight excluding hydrogens is 405 g/mol. The van der Waals surface area contributed by atoms with Crippen LogP contribution in [-0.2, 0) is 25.7 Å². The van der Waals surface area contributed by atoms with E-state index in [2.05, 4.69) is 31.8 Å². The summed E-state index contributed by atoms with van der Waals surface area (Å²) in [6, 6.07) is 13.4. The molecule has 0 aliphatic carbocycles. The van der Waals surface area contributed by atoms with Crippen molar-refractivity contribution in [2.75, 3.05) is 13.1 Å². The van der Waals surface area contributed by atoms with Gasteiger partial charge in [0.1, 0.15) is 12.7 Å². The number of alkyl halides is 3. The zero-order chi connectivity index (χ0) is 22.1. The summed E-state index contributed by atoms with van der Waals surface area (Å²) in [6.45, 7) is 4.39. The second kappa shape index (κ2) is 10.6. The topological polar surface area (TPSA) is 67.1 Å². The van der Waals surface area contributed by atoms with E-state index < -0.39 is 11.7 Å². The molecule has 31 heavy (non-hydrogen) atoms. The first-order valence-electron chi connectivity index (χ1n) is 10.0. The van der Waals surface area contributed by atoms with Gasteiger partial charge >= 0.3 is 6.18 Å². The van der Waals surface area contributed by atoms with E-state index in [-0.39, 0.29) is 0 Å². The average Bonchev–Trinajstić information content (AvgIpc) is 3.25. The predicted octanol–water partition coefficient (Wildman–Crippen LogP) is 3.64. The Bertz CT molecular complexity index is 966. The highest BCUT2D eigenvalue weighted by Gasteiger charge is 2.29. The number of hydrogen-bond acceptors (Lipinski definition) is 3. The van der Waals surface area contributed by atoms with Crippen LogP contribution >= 0.6 is 0 Å². The number of nitrogens with one attached hydrogen (secondary N) is 2. The third kappa shape index (κ3) is 7.13. The molecule has 0 saturated carbocycles. The highest BCUT2D eigenvalue weighted by atomic mass is 19.4. The van der Waals surface area contributed by atoms with E-state index in [0.717, 1.165) is 28.8 Å². The van der Waals surface area contributed by atoms with Crippen molar-refractivity contribution in [3.05, 3.63) is 83.4 Å². The van der Waals surface area contributed by atoms with Crippen LogP contribution in [0.5, 0.6) is 0 Å². The molecule has 3 aromatic rings. The highest BCUT2D eigenvalue weighted by Crippen LogP contribution is 2.29. The average molecular weight is 430 g/mol. The largest absolute Gasteiger partial charge is 0.416 e. The van der Waals surface area contributed by atoms with Gasteiger partial charge in [-0.15, -0.1) is 0 Å². The van der Waals surface area contributed by atoms with Crippen LogP contribution in [0.25, 0.3) is 0 Å². The van der Waals surface area contributed by atoms with Gasteiger partial charge in [-0.3, -0.25) is 0 Å². The van der Waals surface area contributed by atoms with Gasteiger partial charge in [0, 0.05) is 13.1 Å². The molecule has 0 atom stereocenters. The number of aromatic nitrogens is 3. The Kier molecular flexibility index (Phi) is 7.64. The fourth-order valence-electron chi connectivity index (χ4n) is 3.03. The first kappa shape index (κ1) is 22.3. The molecule has 2 aromatic carbocycles. The third-order valence-electron chi connectivity index (χ3n) is 4.55. The van der Waals surface area contributed by atoms with Crippen LogP contribution < -0.4 is 10.6 Å². The van der Waals surface area contributed by atoms with Crippen LogP contribution in [0, 0.1) is 0 Å². The summed E-state index contributed by atoms with van der Waals surface area (Å²) in [5.41, 5.74) is 2.37. The molecule has 1 heterocycles.